The molecule has 0 spiro atoms. The maximum absolute atomic E-state index is 10.7. The molecule has 0 bridgehead atoms. The molecule has 2 aromatic heterocycles. The molecule has 2 aromatic rings. The fourth-order valence-corrected chi connectivity index (χ4v) is 1.10. The topological polar surface area (TPSA) is 88.5 Å². The second-order valence-corrected chi connectivity index (χ2v) is 2.55. The van der Waals surface area contributed by atoms with Gasteiger partial charge in [0.25, 0.3) is 0 Å². The molecule has 0 aliphatic heterocycles. The van der Waals surface area contributed by atoms with Crippen LogP contribution in [-0.2, 0) is 0 Å². The van der Waals surface area contributed by atoms with E-state index in [2.05, 4.69) is 5.10 Å². The van der Waals surface area contributed by atoms with Gasteiger partial charge in [-0.1, -0.05) is 0 Å². The molecule has 14 heavy (non-hydrogen) atoms. The Bertz CT molecular complexity index is 458. The highest BCUT2D eigenvalue weighted by Crippen LogP contribution is 2.19. The highest BCUT2D eigenvalue weighted by molar-refractivity contribution is 5.89. The SMILES string of the molecule is O=C(O)c1c(O)cnn1-c1ccco1. The molecule has 0 radical (unpaired) electrons. The van der Waals surface area contributed by atoms with Gasteiger partial charge >= 0.3 is 5.97 Å². The minimum absolute atomic E-state index is 0.239. The first-order valence-corrected chi connectivity index (χ1v) is 3.74. The molecule has 0 unspecified atom stereocenters. The zero-order chi connectivity index (χ0) is 10.1. The van der Waals surface area contributed by atoms with E-state index in [0.29, 0.717) is 0 Å². The molecule has 0 atom stereocenters. The van der Waals surface area contributed by atoms with E-state index >= 15 is 0 Å². The van der Waals surface area contributed by atoms with Gasteiger partial charge in [-0.3, -0.25) is 0 Å². The molecule has 0 amide bonds. The van der Waals surface area contributed by atoms with Gasteiger partial charge in [-0.15, -0.1) is 0 Å². The Morgan fingerprint density at radius 1 is 1.57 bits per heavy atom. The Labute approximate surface area is 78.0 Å². The highest BCUT2D eigenvalue weighted by Gasteiger charge is 2.19. The fourth-order valence-electron chi connectivity index (χ4n) is 1.10. The van der Waals surface area contributed by atoms with Crippen LogP contribution in [0.2, 0.25) is 0 Å². The maximum atomic E-state index is 10.7. The van der Waals surface area contributed by atoms with Crippen LogP contribution in [0.5, 0.6) is 5.75 Å². The molecule has 6 nitrogen and oxygen atoms in total. The van der Waals surface area contributed by atoms with Gasteiger partial charge < -0.3 is 14.6 Å². The normalized spacial score (nSPS) is 10.3. The van der Waals surface area contributed by atoms with E-state index in [9.17, 15) is 9.90 Å². The Morgan fingerprint density at radius 2 is 2.36 bits per heavy atom. The van der Waals surface area contributed by atoms with Crippen molar-refractivity contribution >= 4 is 5.97 Å². The number of carboxylic acid groups (broad SMARTS) is 1. The van der Waals surface area contributed by atoms with Crippen LogP contribution in [0.4, 0.5) is 0 Å². The van der Waals surface area contributed by atoms with Crippen molar-refractivity contribution in [3.63, 3.8) is 0 Å². The number of hydrogen-bond donors (Lipinski definition) is 2. The molecule has 0 aromatic carbocycles. The number of aromatic carboxylic acids is 1. The number of hydrogen-bond acceptors (Lipinski definition) is 4. The third-order valence-corrected chi connectivity index (χ3v) is 1.67. The van der Waals surface area contributed by atoms with E-state index in [4.69, 9.17) is 9.52 Å². The molecular weight excluding hydrogens is 188 g/mol. The first-order valence-electron chi connectivity index (χ1n) is 3.74. The summed E-state index contributed by atoms with van der Waals surface area (Å²) in [5, 5.41) is 21.6. The van der Waals surface area contributed by atoms with Gasteiger partial charge in [0, 0.05) is 6.07 Å². The van der Waals surface area contributed by atoms with Crippen LogP contribution in [-0.4, -0.2) is 26.0 Å². The van der Waals surface area contributed by atoms with Crippen LogP contribution < -0.4 is 0 Å². The quantitative estimate of drug-likeness (QED) is 0.740. The van der Waals surface area contributed by atoms with E-state index < -0.39 is 11.7 Å². The summed E-state index contributed by atoms with van der Waals surface area (Å²) >= 11 is 0. The molecule has 0 aliphatic rings. The average molecular weight is 194 g/mol. The average Bonchev–Trinajstić information content (AvgIpc) is 2.70. The number of aromatic nitrogens is 2. The van der Waals surface area contributed by atoms with Crippen LogP contribution >= 0.6 is 0 Å². The highest BCUT2D eigenvalue weighted by atomic mass is 16.4. The summed E-state index contributed by atoms with van der Waals surface area (Å²) in [7, 11) is 0. The van der Waals surface area contributed by atoms with Gasteiger partial charge in [0.05, 0.1) is 12.5 Å². The largest absolute Gasteiger partial charge is 0.504 e. The lowest BCUT2D eigenvalue weighted by molar-refractivity contribution is 0.0682. The smallest absolute Gasteiger partial charge is 0.358 e. The van der Waals surface area contributed by atoms with Gasteiger partial charge in [0.2, 0.25) is 5.88 Å². The van der Waals surface area contributed by atoms with Crippen LogP contribution in [0.3, 0.4) is 0 Å². The lowest BCUT2D eigenvalue weighted by atomic mass is 10.4. The summed E-state index contributed by atoms with van der Waals surface area (Å²) in [5.74, 6) is -1.42. The molecule has 72 valence electrons. The fraction of sp³-hybridized carbons (Fsp3) is 0. The molecule has 0 aliphatic carbocycles. The van der Waals surface area contributed by atoms with Gasteiger partial charge in [0.1, 0.15) is 0 Å². The Morgan fingerprint density at radius 3 is 2.93 bits per heavy atom. The van der Waals surface area contributed by atoms with E-state index in [1.807, 2.05) is 0 Å². The van der Waals surface area contributed by atoms with Crippen molar-refractivity contribution in [2.45, 2.75) is 0 Å². The summed E-state index contributed by atoms with van der Waals surface area (Å²) in [6.07, 6.45) is 2.44. The van der Waals surface area contributed by atoms with Crippen molar-refractivity contribution in [2.75, 3.05) is 0 Å². The number of nitrogens with zero attached hydrogens (tertiary/aromatic N) is 2. The third-order valence-electron chi connectivity index (χ3n) is 1.67. The Balaban J connectivity index is 2.60. The van der Waals surface area contributed by atoms with Gasteiger partial charge in [0.15, 0.2) is 11.4 Å². The Kier molecular flexibility index (Phi) is 1.74. The van der Waals surface area contributed by atoms with E-state index in [1.165, 1.54) is 6.26 Å². The molecule has 2 heterocycles. The van der Waals surface area contributed by atoms with Crippen molar-refractivity contribution < 1.29 is 19.4 Å². The van der Waals surface area contributed by atoms with Crippen molar-refractivity contribution in [3.8, 4) is 11.6 Å². The molecule has 0 fully saturated rings. The number of rotatable bonds is 2. The van der Waals surface area contributed by atoms with Crippen LogP contribution in [0, 0.1) is 0 Å². The van der Waals surface area contributed by atoms with Crippen molar-refractivity contribution in [1.82, 2.24) is 9.78 Å². The lowest BCUT2D eigenvalue weighted by Crippen LogP contribution is -2.07. The molecular formula is C8H6N2O4. The zero-order valence-electron chi connectivity index (χ0n) is 6.91. The summed E-state index contributed by atoms with van der Waals surface area (Å²) < 4.78 is 5.96. The van der Waals surface area contributed by atoms with Crippen LogP contribution in [0.15, 0.2) is 29.0 Å². The molecule has 0 saturated heterocycles. The first-order chi connectivity index (χ1) is 6.70. The van der Waals surface area contributed by atoms with Gasteiger partial charge in [-0.2, -0.15) is 9.78 Å². The lowest BCUT2D eigenvalue weighted by Gasteiger charge is -1.98. The molecule has 6 heteroatoms. The third kappa shape index (κ3) is 1.13. The van der Waals surface area contributed by atoms with Crippen molar-refractivity contribution in [1.29, 1.82) is 0 Å². The number of carbonyl (C=O) groups is 1. The van der Waals surface area contributed by atoms with Crippen LogP contribution in [0.1, 0.15) is 10.5 Å². The summed E-state index contributed by atoms with van der Waals surface area (Å²) in [5.41, 5.74) is -0.319. The minimum Gasteiger partial charge on any atom is -0.504 e. The number of carboxylic acids is 1. The molecule has 2 rings (SSSR count). The van der Waals surface area contributed by atoms with Crippen molar-refractivity contribution in [3.05, 3.63) is 30.3 Å². The summed E-state index contributed by atoms with van der Waals surface area (Å²) in [4.78, 5) is 10.7. The summed E-state index contributed by atoms with van der Waals surface area (Å²) in [6.45, 7) is 0. The van der Waals surface area contributed by atoms with Crippen molar-refractivity contribution in [2.24, 2.45) is 0 Å². The Hall–Kier alpha value is -2.24. The second-order valence-electron chi connectivity index (χ2n) is 2.55. The predicted octanol–water partition coefficient (Wildman–Crippen LogP) is 0.869. The van der Waals surface area contributed by atoms with Crippen LogP contribution in [0.25, 0.3) is 5.88 Å². The molecule has 0 saturated carbocycles. The van der Waals surface area contributed by atoms with E-state index in [1.54, 1.807) is 12.1 Å². The van der Waals surface area contributed by atoms with Gasteiger partial charge in [-0.25, -0.2) is 4.79 Å². The maximum Gasteiger partial charge on any atom is 0.358 e. The van der Waals surface area contributed by atoms with E-state index in [0.717, 1.165) is 10.9 Å². The second kappa shape index (κ2) is 2.91. The monoisotopic (exact) mass is 194 g/mol. The minimum atomic E-state index is -1.27. The van der Waals surface area contributed by atoms with Gasteiger partial charge in [-0.05, 0) is 6.07 Å². The standard InChI is InChI=1S/C8H6N2O4/c11-5-4-9-10(7(5)8(12)13)6-2-1-3-14-6/h1-4,11H,(H,12,13). The number of furan rings is 1. The number of aromatic hydroxyl groups is 1. The molecule has 2 N–H and O–H groups in total. The zero-order valence-corrected chi connectivity index (χ0v) is 6.91. The first kappa shape index (κ1) is 8.36. The van der Waals surface area contributed by atoms with E-state index in [-0.39, 0.29) is 11.6 Å². The predicted molar refractivity (Wildman–Crippen MR) is 44.5 cm³/mol. The summed E-state index contributed by atoms with van der Waals surface area (Å²) in [6, 6.07) is 3.14.